The van der Waals surface area contributed by atoms with Crippen LogP contribution in [0, 0.1) is 0 Å². The molecule has 1 N–H and O–H groups in total. The van der Waals surface area contributed by atoms with Crippen LogP contribution in [0.5, 0.6) is 0 Å². The summed E-state index contributed by atoms with van der Waals surface area (Å²) < 4.78 is 37.6. The topological polar surface area (TPSA) is 41.6 Å². The van der Waals surface area contributed by atoms with Gasteiger partial charge in [-0.2, -0.15) is 18.3 Å². The van der Waals surface area contributed by atoms with Gasteiger partial charge in [-0.25, -0.2) is 0 Å². The largest absolute Gasteiger partial charge is 0.435 e. The molecule has 0 unspecified atom stereocenters. The van der Waals surface area contributed by atoms with E-state index in [-0.39, 0.29) is 5.69 Å². The number of halogens is 4. The molecule has 2 aromatic rings. The summed E-state index contributed by atoms with van der Waals surface area (Å²) in [4.78, 5) is 3.96. The normalized spacial score (nSPS) is 11.8. The summed E-state index contributed by atoms with van der Waals surface area (Å²) in [6.45, 7) is 0. The first-order valence-electron chi connectivity index (χ1n) is 4.21. The molecule has 0 aliphatic rings. The molecule has 0 saturated heterocycles. The number of aromatic amines is 1. The van der Waals surface area contributed by atoms with Crippen LogP contribution in [-0.2, 0) is 6.18 Å². The van der Waals surface area contributed by atoms with Crippen molar-refractivity contribution in [1.29, 1.82) is 0 Å². The molecule has 2 rings (SSSR count). The summed E-state index contributed by atoms with van der Waals surface area (Å²) in [5, 5.41) is 5.48. The van der Waals surface area contributed by atoms with E-state index in [4.69, 9.17) is 0 Å². The Bertz CT molecular complexity index is 489. The van der Waals surface area contributed by atoms with Crippen molar-refractivity contribution in [2.75, 3.05) is 0 Å². The van der Waals surface area contributed by atoms with E-state index in [1.54, 1.807) is 12.1 Å². The van der Waals surface area contributed by atoms with Gasteiger partial charge in [-0.15, -0.1) is 0 Å². The van der Waals surface area contributed by atoms with Crippen molar-refractivity contribution < 1.29 is 13.2 Å². The molecule has 0 spiro atoms. The van der Waals surface area contributed by atoms with Gasteiger partial charge in [0.05, 0.1) is 11.4 Å². The highest BCUT2D eigenvalue weighted by molar-refractivity contribution is 9.10. The van der Waals surface area contributed by atoms with Crippen molar-refractivity contribution in [3.63, 3.8) is 0 Å². The minimum atomic E-state index is -4.44. The van der Waals surface area contributed by atoms with Crippen LogP contribution in [0.25, 0.3) is 11.4 Å². The predicted molar refractivity (Wildman–Crippen MR) is 54.5 cm³/mol. The van der Waals surface area contributed by atoms with Crippen molar-refractivity contribution in [3.8, 4) is 11.4 Å². The van der Waals surface area contributed by atoms with E-state index >= 15 is 0 Å². The third-order valence-electron chi connectivity index (χ3n) is 1.87. The molecule has 0 amide bonds. The van der Waals surface area contributed by atoms with Gasteiger partial charge in [0, 0.05) is 10.7 Å². The Hall–Kier alpha value is -1.37. The summed E-state index contributed by atoms with van der Waals surface area (Å²) in [7, 11) is 0. The van der Waals surface area contributed by atoms with Crippen LogP contribution < -0.4 is 0 Å². The van der Waals surface area contributed by atoms with Gasteiger partial charge in [0.15, 0.2) is 5.69 Å². The van der Waals surface area contributed by atoms with Crippen LogP contribution in [0.15, 0.2) is 28.9 Å². The molecule has 0 atom stereocenters. The smallest absolute Gasteiger partial charge is 0.276 e. The van der Waals surface area contributed by atoms with Crippen LogP contribution in [0.4, 0.5) is 13.2 Å². The Morgan fingerprint density at radius 3 is 2.50 bits per heavy atom. The average Bonchev–Trinajstić information content (AvgIpc) is 2.67. The Morgan fingerprint density at radius 2 is 2.00 bits per heavy atom. The maximum Gasteiger partial charge on any atom is 0.435 e. The third kappa shape index (κ3) is 2.24. The van der Waals surface area contributed by atoms with Gasteiger partial charge in [-0.05, 0) is 34.1 Å². The SMILES string of the molecule is FC(F)(F)c1cc(-c2ccc(Br)cn2)[nH]n1. The fourth-order valence-corrected chi connectivity index (χ4v) is 1.37. The van der Waals surface area contributed by atoms with E-state index in [0.717, 1.165) is 10.5 Å². The maximum atomic E-state index is 12.3. The molecule has 2 heterocycles. The van der Waals surface area contributed by atoms with E-state index in [1.165, 1.54) is 6.20 Å². The van der Waals surface area contributed by atoms with Crippen LogP contribution in [0.1, 0.15) is 5.69 Å². The number of hydrogen-bond acceptors (Lipinski definition) is 2. The Kier molecular flexibility index (Phi) is 2.71. The number of hydrogen-bond donors (Lipinski definition) is 1. The lowest BCUT2D eigenvalue weighted by molar-refractivity contribution is -0.141. The van der Waals surface area contributed by atoms with E-state index in [0.29, 0.717) is 5.69 Å². The molecule has 2 aromatic heterocycles. The molecule has 0 radical (unpaired) electrons. The van der Waals surface area contributed by atoms with E-state index < -0.39 is 11.9 Å². The van der Waals surface area contributed by atoms with E-state index in [1.807, 2.05) is 0 Å². The molecular weight excluding hydrogens is 287 g/mol. The first kappa shape index (κ1) is 11.1. The lowest BCUT2D eigenvalue weighted by atomic mass is 10.2. The Morgan fingerprint density at radius 1 is 1.25 bits per heavy atom. The maximum absolute atomic E-state index is 12.3. The second kappa shape index (κ2) is 3.89. The highest BCUT2D eigenvalue weighted by atomic mass is 79.9. The number of aromatic nitrogens is 3. The Balaban J connectivity index is 2.35. The standard InChI is InChI=1S/C9H5BrF3N3/c10-5-1-2-6(14-4-5)7-3-8(16-15-7)9(11,12)13/h1-4H,(H,15,16). The first-order valence-corrected chi connectivity index (χ1v) is 5.00. The fraction of sp³-hybridized carbons (Fsp3) is 0.111. The highest BCUT2D eigenvalue weighted by Crippen LogP contribution is 2.29. The summed E-state index contributed by atoms with van der Waals surface area (Å²) in [5.74, 6) is 0. The van der Waals surface area contributed by atoms with Gasteiger partial charge in [-0.1, -0.05) is 0 Å². The molecule has 0 aliphatic carbocycles. The molecule has 7 heteroatoms. The monoisotopic (exact) mass is 291 g/mol. The van der Waals surface area contributed by atoms with Crippen molar-refractivity contribution in [3.05, 3.63) is 34.6 Å². The van der Waals surface area contributed by atoms with Crippen molar-refractivity contribution in [2.24, 2.45) is 0 Å². The molecule has 0 fully saturated rings. The zero-order valence-corrected chi connectivity index (χ0v) is 9.30. The number of rotatable bonds is 1. The van der Waals surface area contributed by atoms with Gasteiger partial charge in [0.2, 0.25) is 0 Å². The lowest BCUT2D eigenvalue weighted by Gasteiger charge is -1.98. The zero-order valence-electron chi connectivity index (χ0n) is 7.72. The molecule has 84 valence electrons. The van der Waals surface area contributed by atoms with Gasteiger partial charge in [-0.3, -0.25) is 10.1 Å². The van der Waals surface area contributed by atoms with Gasteiger partial charge >= 0.3 is 6.18 Å². The zero-order chi connectivity index (χ0) is 11.8. The quantitative estimate of drug-likeness (QED) is 0.876. The van der Waals surface area contributed by atoms with E-state index in [9.17, 15) is 13.2 Å². The second-order valence-corrected chi connectivity index (χ2v) is 3.94. The minimum absolute atomic E-state index is 0.236. The molecule has 0 aliphatic heterocycles. The number of nitrogens with one attached hydrogen (secondary N) is 1. The molecule has 16 heavy (non-hydrogen) atoms. The van der Waals surface area contributed by atoms with Gasteiger partial charge in [0.1, 0.15) is 0 Å². The molecule has 3 nitrogen and oxygen atoms in total. The van der Waals surface area contributed by atoms with Crippen molar-refractivity contribution in [2.45, 2.75) is 6.18 Å². The van der Waals surface area contributed by atoms with Crippen LogP contribution in [0.3, 0.4) is 0 Å². The number of pyridine rings is 1. The van der Waals surface area contributed by atoms with Crippen molar-refractivity contribution >= 4 is 15.9 Å². The lowest BCUT2D eigenvalue weighted by Crippen LogP contribution is -2.04. The van der Waals surface area contributed by atoms with Crippen molar-refractivity contribution in [1.82, 2.24) is 15.2 Å². The second-order valence-electron chi connectivity index (χ2n) is 3.03. The van der Waals surface area contributed by atoms with E-state index in [2.05, 4.69) is 31.1 Å². The van der Waals surface area contributed by atoms with Gasteiger partial charge in [0.25, 0.3) is 0 Å². The molecule has 0 saturated carbocycles. The number of nitrogens with zero attached hydrogens (tertiary/aromatic N) is 2. The highest BCUT2D eigenvalue weighted by Gasteiger charge is 2.34. The third-order valence-corrected chi connectivity index (χ3v) is 2.34. The summed E-state index contributed by atoms with van der Waals surface area (Å²) >= 11 is 3.19. The number of alkyl halides is 3. The molecular formula is C9H5BrF3N3. The first-order chi connectivity index (χ1) is 7.47. The van der Waals surface area contributed by atoms with Crippen LogP contribution >= 0.6 is 15.9 Å². The summed E-state index contributed by atoms with van der Waals surface area (Å²) in [5.41, 5.74) is -0.307. The summed E-state index contributed by atoms with van der Waals surface area (Å²) in [6.07, 6.45) is -2.94. The van der Waals surface area contributed by atoms with Crippen LogP contribution in [0.2, 0.25) is 0 Å². The average molecular weight is 292 g/mol. The predicted octanol–water partition coefficient (Wildman–Crippen LogP) is 3.25. The van der Waals surface area contributed by atoms with Crippen LogP contribution in [-0.4, -0.2) is 15.2 Å². The Labute approximate surface area is 96.8 Å². The minimum Gasteiger partial charge on any atom is -0.276 e. The van der Waals surface area contributed by atoms with Gasteiger partial charge < -0.3 is 0 Å². The number of H-pyrrole nitrogens is 1. The summed E-state index contributed by atoms with van der Waals surface area (Å²) in [6, 6.07) is 4.21. The fourth-order valence-electron chi connectivity index (χ4n) is 1.13. The molecule has 0 aromatic carbocycles. The molecule has 0 bridgehead atoms.